The summed E-state index contributed by atoms with van der Waals surface area (Å²) in [5.41, 5.74) is 2.37. The molecule has 2 aromatic carbocycles. The van der Waals surface area contributed by atoms with Crippen LogP contribution >= 0.6 is 11.6 Å². The number of nitrogens with zero attached hydrogens (tertiary/aromatic N) is 2. The van der Waals surface area contributed by atoms with Crippen molar-refractivity contribution < 1.29 is 9.59 Å². The highest BCUT2D eigenvalue weighted by Crippen LogP contribution is 2.27. The maximum Gasteiger partial charge on any atom is 0.232 e. The summed E-state index contributed by atoms with van der Waals surface area (Å²) in [6.07, 6.45) is 0.175. The van der Waals surface area contributed by atoms with Gasteiger partial charge in [0.2, 0.25) is 17.8 Å². The topological polar surface area (TPSA) is 78.1 Å². The second-order valence-electron chi connectivity index (χ2n) is 5.97. The first-order valence-corrected chi connectivity index (χ1v) is 8.29. The lowest BCUT2D eigenvalue weighted by molar-refractivity contribution is -0.122. The molecule has 1 aromatic heterocycles. The van der Waals surface area contributed by atoms with E-state index in [1.807, 2.05) is 24.3 Å². The van der Waals surface area contributed by atoms with E-state index in [2.05, 4.69) is 15.3 Å². The number of fused-ring (bicyclic) bond motifs is 1. The third-order valence-corrected chi connectivity index (χ3v) is 4.52. The van der Waals surface area contributed by atoms with Crippen molar-refractivity contribution in [2.45, 2.75) is 6.42 Å². The number of nitrogens with one attached hydrogen (secondary N) is 2. The number of carbonyl (C=O) groups excluding carboxylic acids is 2. The Hall–Kier alpha value is -2.86. The van der Waals surface area contributed by atoms with E-state index in [1.54, 1.807) is 29.2 Å². The Kier molecular flexibility index (Phi) is 3.89. The Bertz CT molecular complexity index is 918. The number of imidazole rings is 1. The van der Waals surface area contributed by atoms with Gasteiger partial charge in [-0.3, -0.25) is 14.9 Å². The third kappa shape index (κ3) is 3.08. The van der Waals surface area contributed by atoms with Crippen molar-refractivity contribution in [3.05, 3.63) is 53.6 Å². The van der Waals surface area contributed by atoms with Crippen LogP contribution < -0.4 is 10.2 Å². The van der Waals surface area contributed by atoms with Gasteiger partial charge in [0, 0.05) is 23.7 Å². The molecular formula is C18H15ClN4O2. The summed E-state index contributed by atoms with van der Waals surface area (Å²) in [4.78, 5) is 33.7. The number of rotatable bonds is 3. The normalized spacial score (nSPS) is 17.2. The molecular weight excluding hydrogens is 340 g/mol. The van der Waals surface area contributed by atoms with Gasteiger partial charge < -0.3 is 9.88 Å². The monoisotopic (exact) mass is 354 g/mol. The molecule has 25 heavy (non-hydrogen) atoms. The van der Waals surface area contributed by atoms with Crippen molar-refractivity contribution in [3.63, 3.8) is 0 Å². The molecule has 4 rings (SSSR count). The van der Waals surface area contributed by atoms with Crippen LogP contribution in [0.25, 0.3) is 11.0 Å². The molecule has 126 valence electrons. The van der Waals surface area contributed by atoms with E-state index in [0.717, 1.165) is 16.7 Å². The molecule has 7 heteroatoms. The molecule has 2 heterocycles. The van der Waals surface area contributed by atoms with E-state index in [9.17, 15) is 9.59 Å². The Morgan fingerprint density at radius 1 is 1.20 bits per heavy atom. The number of para-hydroxylation sites is 2. The van der Waals surface area contributed by atoms with Crippen LogP contribution in [0.5, 0.6) is 0 Å². The van der Waals surface area contributed by atoms with Gasteiger partial charge in [0.1, 0.15) is 0 Å². The summed E-state index contributed by atoms with van der Waals surface area (Å²) in [6, 6.07) is 14.5. The standard InChI is InChI=1S/C18H15ClN4O2/c19-12-5-7-13(8-6-12)23-10-11(9-16(23)24)17(25)22-18-20-14-3-1-2-4-15(14)21-18/h1-8,11H,9-10H2,(H2,20,21,22,25)/t11-/m1/s1. The van der Waals surface area contributed by atoms with Gasteiger partial charge in [-0.1, -0.05) is 23.7 Å². The lowest BCUT2D eigenvalue weighted by atomic mass is 10.1. The van der Waals surface area contributed by atoms with Crippen LogP contribution in [0.15, 0.2) is 48.5 Å². The maximum atomic E-state index is 12.5. The summed E-state index contributed by atoms with van der Waals surface area (Å²) in [6.45, 7) is 0.340. The lowest BCUT2D eigenvalue weighted by Gasteiger charge is -2.16. The minimum Gasteiger partial charge on any atom is -0.324 e. The van der Waals surface area contributed by atoms with Crippen molar-refractivity contribution in [2.24, 2.45) is 5.92 Å². The minimum atomic E-state index is -0.420. The summed E-state index contributed by atoms with van der Waals surface area (Å²) < 4.78 is 0. The van der Waals surface area contributed by atoms with Crippen molar-refractivity contribution >= 4 is 46.1 Å². The number of anilines is 2. The molecule has 1 atom stereocenters. The molecule has 0 spiro atoms. The summed E-state index contributed by atoms with van der Waals surface area (Å²) in [5.74, 6) is -0.323. The molecule has 1 saturated heterocycles. The fraction of sp³-hybridized carbons (Fsp3) is 0.167. The zero-order chi connectivity index (χ0) is 17.4. The highest BCUT2D eigenvalue weighted by molar-refractivity contribution is 6.30. The molecule has 0 bridgehead atoms. The van der Waals surface area contributed by atoms with Crippen molar-refractivity contribution in [2.75, 3.05) is 16.8 Å². The lowest BCUT2D eigenvalue weighted by Crippen LogP contribution is -2.28. The predicted octanol–water partition coefficient (Wildman–Crippen LogP) is 3.21. The fourth-order valence-electron chi connectivity index (χ4n) is 2.98. The Labute approximate surface area is 148 Å². The van der Waals surface area contributed by atoms with Crippen LogP contribution in [-0.2, 0) is 9.59 Å². The van der Waals surface area contributed by atoms with Crippen LogP contribution in [0.2, 0.25) is 5.02 Å². The zero-order valence-electron chi connectivity index (χ0n) is 13.2. The smallest absolute Gasteiger partial charge is 0.232 e. The van der Waals surface area contributed by atoms with E-state index in [1.165, 1.54) is 0 Å². The molecule has 1 aliphatic rings. The van der Waals surface area contributed by atoms with E-state index in [-0.39, 0.29) is 18.2 Å². The summed E-state index contributed by atoms with van der Waals surface area (Å²) in [5, 5.41) is 3.38. The first-order chi connectivity index (χ1) is 12.1. The van der Waals surface area contributed by atoms with Crippen LogP contribution in [0.4, 0.5) is 11.6 Å². The fourth-order valence-corrected chi connectivity index (χ4v) is 3.11. The van der Waals surface area contributed by atoms with Gasteiger partial charge in [0.15, 0.2) is 0 Å². The van der Waals surface area contributed by atoms with Gasteiger partial charge >= 0.3 is 0 Å². The molecule has 1 fully saturated rings. The average molecular weight is 355 g/mol. The van der Waals surface area contributed by atoms with Crippen LogP contribution in [-0.4, -0.2) is 28.3 Å². The number of carbonyl (C=O) groups is 2. The van der Waals surface area contributed by atoms with Crippen LogP contribution in [0.3, 0.4) is 0 Å². The molecule has 2 N–H and O–H groups in total. The van der Waals surface area contributed by atoms with E-state index >= 15 is 0 Å². The largest absolute Gasteiger partial charge is 0.324 e. The molecule has 0 aliphatic carbocycles. The molecule has 0 saturated carbocycles. The third-order valence-electron chi connectivity index (χ3n) is 4.27. The second kappa shape index (κ2) is 6.22. The Balaban J connectivity index is 1.47. The Morgan fingerprint density at radius 2 is 1.96 bits per heavy atom. The number of H-pyrrole nitrogens is 1. The van der Waals surface area contributed by atoms with Crippen LogP contribution in [0.1, 0.15) is 6.42 Å². The molecule has 0 radical (unpaired) electrons. The number of aromatic amines is 1. The molecule has 2 amide bonds. The van der Waals surface area contributed by atoms with Crippen LogP contribution in [0, 0.1) is 5.92 Å². The highest BCUT2D eigenvalue weighted by Gasteiger charge is 2.35. The highest BCUT2D eigenvalue weighted by atomic mass is 35.5. The predicted molar refractivity (Wildman–Crippen MR) is 96.6 cm³/mol. The van der Waals surface area contributed by atoms with Gasteiger partial charge in [-0.2, -0.15) is 0 Å². The van der Waals surface area contributed by atoms with Gasteiger partial charge in [-0.05, 0) is 36.4 Å². The number of amides is 2. The van der Waals surface area contributed by atoms with Gasteiger partial charge in [-0.15, -0.1) is 0 Å². The van der Waals surface area contributed by atoms with E-state index < -0.39 is 5.92 Å². The molecule has 0 unspecified atom stereocenters. The van der Waals surface area contributed by atoms with E-state index in [0.29, 0.717) is 17.5 Å². The Morgan fingerprint density at radius 3 is 2.72 bits per heavy atom. The SMILES string of the molecule is O=C(Nc1nc2ccccc2[nH]1)[C@@H]1CC(=O)N(c2ccc(Cl)cc2)C1. The van der Waals surface area contributed by atoms with Crippen molar-refractivity contribution in [1.29, 1.82) is 0 Å². The number of hydrogen-bond donors (Lipinski definition) is 2. The van der Waals surface area contributed by atoms with Crippen molar-refractivity contribution in [1.82, 2.24) is 9.97 Å². The maximum absolute atomic E-state index is 12.5. The first kappa shape index (κ1) is 15.7. The van der Waals surface area contributed by atoms with E-state index in [4.69, 9.17) is 11.6 Å². The van der Waals surface area contributed by atoms with Gasteiger partial charge in [0.05, 0.1) is 17.0 Å². The summed E-state index contributed by atoms with van der Waals surface area (Å²) >= 11 is 5.88. The summed E-state index contributed by atoms with van der Waals surface area (Å²) in [7, 11) is 0. The molecule has 1 aliphatic heterocycles. The second-order valence-corrected chi connectivity index (χ2v) is 6.41. The number of halogens is 1. The first-order valence-electron chi connectivity index (χ1n) is 7.92. The quantitative estimate of drug-likeness (QED) is 0.758. The van der Waals surface area contributed by atoms with Gasteiger partial charge in [0.25, 0.3) is 0 Å². The molecule has 3 aromatic rings. The van der Waals surface area contributed by atoms with Gasteiger partial charge in [-0.25, -0.2) is 4.98 Å². The average Bonchev–Trinajstić information content (AvgIpc) is 3.18. The van der Waals surface area contributed by atoms with Crippen molar-refractivity contribution in [3.8, 4) is 0 Å². The number of aromatic nitrogens is 2. The number of hydrogen-bond acceptors (Lipinski definition) is 3. The minimum absolute atomic E-state index is 0.0768. The zero-order valence-corrected chi connectivity index (χ0v) is 14.0. The molecule has 6 nitrogen and oxygen atoms in total. The number of benzene rings is 2.